The second-order valence-electron chi connectivity index (χ2n) is 5.68. The Morgan fingerprint density at radius 2 is 2.05 bits per heavy atom. The molecule has 0 N–H and O–H groups in total. The van der Waals surface area contributed by atoms with E-state index in [9.17, 15) is 9.00 Å². The van der Waals surface area contributed by atoms with Gasteiger partial charge in [0.15, 0.2) is 5.78 Å². The van der Waals surface area contributed by atoms with Crippen molar-refractivity contribution in [1.82, 2.24) is 4.98 Å². The molecule has 0 amide bonds. The van der Waals surface area contributed by atoms with Crippen LogP contribution in [0.15, 0.2) is 12.3 Å². The van der Waals surface area contributed by atoms with E-state index in [1.54, 1.807) is 13.0 Å². The molecule has 20 heavy (non-hydrogen) atoms. The lowest BCUT2D eigenvalue weighted by Crippen LogP contribution is -2.32. The fraction of sp³-hybridized carbons (Fsp3) is 0.533. The Morgan fingerprint density at radius 3 is 2.60 bits per heavy atom. The molecule has 1 aromatic rings. The van der Waals surface area contributed by atoms with Gasteiger partial charge < -0.3 is 0 Å². The van der Waals surface area contributed by atoms with Crippen molar-refractivity contribution >= 4 is 16.6 Å². The van der Waals surface area contributed by atoms with Crippen molar-refractivity contribution in [3.63, 3.8) is 0 Å². The molecule has 4 nitrogen and oxygen atoms in total. The first kappa shape index (κ1) is 13.4. The van der Waals surface area contributed by atoms with Gasteiger partial charge in [0.1, 0.15) is 11.8 Å². The molecule has 104 valence electrons. The molecule has 3 rings (SSSR count). The fourth-order valence-electron chi connectivity index (χ4n) is 3.31. The first-order chi connectivity index (χ1) is 9.60. The number of Topliss-reactive ketones (excluding diaryl/α,β-unsaturated/α-hetero) is 1. The van der Waals surface area contributed by atoms with E-state index < -0.39 is 10.8 Å². The number of pyridine rings is 1. The van der Waals surface area contributed by atoms with E-state index in [4.69, 9.17) is 5.26 Å². The summed E-state index contributed by atoms with van der Waals surface area (Å²) < 4.78 is 12.0. The molecule has 2 atom stereocenters. The number of carbonyl (C=O) groups excluding carboxylic acids is 1. The Bertz CT molecular complexity index is 619. The molecule has 2 aliphatic heterocycles. The van der Waals surface area contributed by atoms with Gasteiger partial charge in [-0.1, -0.05) is 0 Å². The van der Waals surface area contributed by atoms with Crippen molar-refractivity contribution in [2.24, 2.45) is 5.92 Å². The van der Waals surface area contributed by atoms with E-state index in [1.165, 1.54) is 6.20 Å². The molecule has 2 unspecified atom stereocenters. The summed E-state index contributed by atoms with van der Waals surface area (Å²) in [5.41, 5.74) is 1.69. The van der Waals surface area contributed by atoms with E-state index in [0.29, 0.717) is 11.3 Å². The second kappa shape index (κ2) is 5.10. The minimum Gasteiger partial charge on any atom is -0.294 e. The lowest BCUT2D eigenvalue weighted by molar-refractivity contribution is 0.0905. The van der Waals surface area contributed by atoms with E-state index in [-0.39, 0.29) is 22.2 Å². The normalized spacial score (nSPS) is 31.8. The average Bonchev–Trinajstić information content (AvgIpc) is 2.67. The van der Waals surface area contributed by atoms with Crippen LogP contribution in [-0.4, -0.2) is 25.5 Å². The zero-order valence-corrected chi connectivity index (χ0v) is 12.2. The maximum absolute atomic E-state index is 12.6. The maximum atomic E-state index is 12.6. The SMILES string of the molecule is Cc1cc(C(=O)C2CC3CCC(C2)S3=O)cnc1C#N. The molecule has 0 radical (unpaired) electrons. The van der Waals surface area contributed by atoms with E-state index in [1.807, 2.05) is 6.07 Å². The first-order valence-electron chi connectivity index (χ1n) is 6.90. The van der Waals surface area contributed by atoms with Crippen LogP contribution in [0, 0.1) is 24.2 Å². The van der Waals surface area contributed by atoms with Gasteiger partial charge >= 0.3 is 0 Å². The van der Waals surface area contributed by atoms with Gasteiger partial charge in [0.25, 0.3) is 0 Å². The van der Waals surface area contributed by atoms with Crippen LogP contribution in [0.25, 0.3) is 0 Å². The van der Waals surface area contributed by atoms with Crippen LogP contribution in [0.2, 0.25) is 0 Å². The molecule has 3 heterocycles. The predicted octanol–water partition coefficient (Wildman–Crippen LogP) is 2.13. The summed E-state index contributed by atoms with van der Waals surface area (Å²) in [6.07, 6.45) is 4.96. The summed E-state index contributed by atoms with van der Waals surface area (Å²) in [6.45, 7) is 1.79. The number of rotatable bonds is 2. The minimum absolute atomic E-state index is 0.0284. The zero-order valence-electron chi connectivity index (χ0n) is 11.3. The fourth-order valence-corrected chi connectivity index (χ4v) is 5.43. The molecule has 5 heteroatoms. The van der Waals surface area contributed by atoms with Gasteiger partial charge in [-0.3, -0.25) is 9.00 Å². The molecule has 0 saturated carbocycles. The highest BCUT2D eigenvalue weighted by Crippen LogP contribution is 2.39. The molecule has 2 aliphatic rings. The topological polar surface area (TPSA) is 70.8 Å². The van der Waals surface area contributed by atoms with Gasteiger partial charge in [-0.25, -0.2) is 4.98 Å². The third kappa shape index (κ3) is 2.18. The quantitative estimate of drug-likeness (QED) is 0.782. The van der Waals surface area contributed by atoms with Gasteiger partial charge in [0.05, 0.1) is 0 Å². The highest BCUT2D eigenvalue weighted by atomic mass is 32.2. The predicted molar refractivity (Wildman–Crippen MR) is 75.7 cm³/mol. The number of carbonyl (C=O) groups is 1. The van der Waals surface area contributed by atoms with Gasteiger partial charge in [-0.15, -0.1) is 0 Å². The summed E-state index contributed by atoms with van der Waals surface area (Å²) in [5.74, 6) is 0.0676. The van der Waals surface area contributed by atoms with E-state index in [2.05, 4.69) is 4.98 Å². The number of fused-ring (bicyclic) bond motifs is 2. The second-order valence-corrected chi connectivity index (χ2v) is 7.67. The Balaban J connectivity index is 1.82. The molecule has 2 bridgehead atoms. The smallest absolute Gasteiger partial charge is 0.167 e. The highest BCUT2D eigenvalue weighted by Gasteiger charge is 2.42. The standard InChI is InChI=1S/C15H16N2O2S/c1-9-4-11(8-17-14(9)7-16)15(18)10-5-12-2-3-13(6-10)20(12)19/h4,8,10,12-13H,2-3,5-6H2,1H3. The maximum Gasteiger partial charge on any atom is 0.167 e. The van der Waals surface area contributed by atoms with Gasteiger partial charge in [0, 0.05) is 39.0 Å². The Labute approximate surface area is 120 Å². The van der Waals surface area contributed by atoms with Crippen LogP contribution < -0.4 is 0 Å². The molecule has 2 saturated heterocycles. The van der Waals surface area contributed by atoms with Crippen molar-refractivity contribution in [3.8, 4) is 6.07 Å². The number of aryl methyl sites for hydroxylation is 1. The number of ketones is 1. The van der Waals surface area contributed by atoms with E-state index in [0.717, 1.165) is 31.2 Å². The summed E-state index contributed by atoms with van der Waals surface area (Å²) in [4.78, 5) is 16.6. The minimum atomic E-state index is -0.733. The average molecular weight is 288 g/mol. The Morgan fingerprint density at radius 1 is 1.40 bits per heavy atom. The summed E-state index contributed by atoms with van der Waals surface area (Å²) in [6, 6.07) is 3.76. The van der Waals surface area contributed by atoms with Crippen LogP contribution in [0.1, 0.15) is 47.3 Å². The number of nitriles is 1. The van der Waals surface area contributed by atoms with Gasteiger partial charge in [-0.05, 0) is 44.2 Å². The molecule has 2 fully saturated rings. The van der Waals surface area contributed by atoms with Crippen LogP contribution >= 0.6 is 0 Å². The van der Waals surface area contributed by atoms with Crippen molar-refractivity contribution in [2.45, 2.75) is 43.1 Å². The molecular weight excluding hydrogens is 272 g/mol. The molecule has 0 spiro atoms. The molecule has 1 aromatic heterocycles. The third-order valence-corrected chi connectivity index (χ3v) is 6.57. The Hall–Kier alpha value is -1.54. The number of aromatic nitrogens is 1. The number of hydrogen-bond acceptors (Lipinski definition) is 4. The molecule has 0 aromatic carbocycles. The van der Waals surface area contributed by atoms with Crippen LogP contribution in [0.3, 0.4) is 0 Å². The lowest BCUT2D eigenvalue weighted by atomic mass is 9.90. The Kier molecular flexibility index (Phi) is 3.43. The number of hydrogen-bond donors (Lipinski definition) is 0. The molecule has 0 aliphatic carbocycles. The summed E-state index contributed by atoms with van der Waals surface area (Å²) in [5, 5.41) is 9.28. The van der Waals surface area contributed by atoms with Crippen LogP contribution in [-0.2, 0) is 10.8 Å². The van der Waals surface area contributed by atoms with Crippen LogP contribution in [0.5, 0.6) is 0 Å². The summed E-state index contributed by atoms with van der Waals surface area (Å²) >= 11 is 0. The van der Waals surface area contributed by atoms with Crippen molar-refractivity contribution in [3.05, 3.63) is 29.1 Å². The summed E-state index contributed by atoms with van der Waals surface area (Å²) in [7, 11) is -0.733. The van der Waals surface area contributed by atoms with Crippen molar-refractivity contribution in [1.29, 1.82) is 5.26 Å². The van der Waals surface area contributed by atoms with Crippen molar-refractivity contribution in [2.75, 3.05) is 0 Å². The zero-order chi connectivity index (χ0) is 14.3. The van der Waals surface area contributed by atoms with Crippen molar-refractivity contribution < 1.29 is 9.00 Å². The van der Waals surface area contributed by atoms with Crippen LogP contribution in [0.4, 0.5) is 0 Å². The number of nitrogens with zero attached hydrogens (tertiary/aromatic N) is 2. The first-order valence-corrected chi connectivity index (χ1v) is 8.18. The monoisotopic (exact) mass is 288 g/mol. The van der Waals surface area contributed by atoms with E-state index >= 15 is 0 Å². The largest absolute Gasteiger partial charge is 0.294 e. The highest BCUT2D eigenvalue weighted by molar-refractivity contribution is 7.86. The third-order valence-electron chi connectivity index (χ3n) is 4.40. The molecular formula is C15H16N2O2S. The lowest BCUT2D eigenvalue weighted by Gasteiger charge is -2.26. The van der Waals surface area contributed by atoms with Gasteiger partial charge in [-0.2, -0.15) is 5.26 Å². The van der Waals surface area contributed by atoms with Gasteiger partial charge in [0.2, 0.25) is 0 Å².